The van der Waals surface area contributed by atoms with Gasteiger partial charge in [0.2, 0.25) is 0 Å². The molecule has 2 heterocycles. The Labute approximate surface area is 158 Å². The van der Waals surface area contributed by atoms with E-state index in [1.54, 1.807) is 12.4 Å². The van der Waals surface area contributed by atoms with E-state index < -0.39 is 0 Å². The number of amides is 1. The van der Waals surface area contributed by atoms with Crippen LogP contribution in [0.1, 0.15) is 15.9 Å². The molecule has 0 saturated carbocycles. The summed E-state index contributed by atoms with van der Waals surface area (Å²) >= 11 is 0. The first-order chi connectivity index (χ1) is 13.2. The van der Waals surface area contributed by atoms with Crippen molar-refractivity contribution in [1.29, 1.82) is 0 Å². The minimum atomic E-state index is -0.150. The Morgan fingerprint density at radius 3 is 2.78 bits per heavy atom. The topological polar surface area (TPSA) is 54.5 Å². The Bertz CT molecular complexity index is 943. The second-order valence-corrected chi connectivity index (χ2v) is 6.55. The number of carbonyl (C=O) groups is 1. The molecule has 3 aromatic rings. The van der Waals surface area contributed by atoms with E-state index in [9.17, 15) is 4.79 Å². The first-order valence-electron chi connectivity index (χ1n) is 8.97. The molecule has 0 bridgehead atoms. The molecule has 0 aliphatic carbocycles. The van der Waals surface area contributed by atoms with Gasteiger partial charge in [0.1, 0.15) is 6.61 Å². The van der Waals surface area contributed by atoms with Crippen molar-refractivity contribution in [2.24, 2.45) is 0 Å². The van der Waals surface area contributed by atoms with Gasteiger partial charge in [0.15, 0.2) is 5.75 Å². The Morgan fingerprint density at radius 1 is 1.15 bits per heavy atom. The van der Waals surface area contributed by atoms with Crippen LogP contribution in [0.3, 0.4) is 0 Å². The van der Waals surface area contributed by atoms with Gasteiger partial charge in [-0.15, -0.1) is 0 Å². The summed E-state index contributed by atoms with van der Waals surface area (Å²) in [4.78, 5) is 19.2. The average molecular weight is 359 g/mol. The number of rotatable bonds is 4. The summed E-state index contributed by atoms with van der Waals surface area (Å²) < 4.78 is 5.87. The van der Waals surface area contributed by atoms with E-state index in [1.165, 1.54) is 0 Å². The molecule has 0 radical (unpaired) electrons. The van der Waals surface area contributed by atoms with Gasteiger partial charge in [0.25, 0.3) is 5.91 Å². The number of ether oxygens (including phenoxy) is 1. The van der Waals surface area contributed by atoms with Crippen molar-refractivity contribution < 1.29 is 9.53 Å². The fourth-order valence-electron chi connectivity index (χ4n) is 3.20. The highest BCUT2D eigenvalue weighted by atomic mass is 16.5. The van der Waals surface area contributed by atoms with E-state index in [-0.39, 0.29) is 5.91 Å². The average Bonchev–Trinajstić information content (AvgIpc) is 2.73. The van der Waals surface area contributed by atoms with Crippen LogP contribution in [-0.2, 0) is 6.54 Å². The van der Waals surface area contributed by atoms with Crippen molar-refractivity contribution in [3.8, 4) is 16.9 Å². The molecule has 0 saturated heterocycles. The smallest absolute Gasteiger partial charge is 0.255 e. The maximum Gasteiger partial charge on any atom is 0.255 e. The van der Waals surface area contributed by atoms with Crippen molar-refractivity contribution >= 4 is 11.6 Å². The summed E-state index contributed by atoms with van der Waals surface area (Å²) in [6.07, 6.45) is 3.47. The minimum absolute atomic E-state index is 0.150. The van der Waals surface area contributed by atoms with Crippen LogP contribution >= 0.6 is 0 Å². The second-order valence-electron chi connectivity index (χ2n) is 6.55. The predicted molar refractivity (Wildman–Crippen MR) is 106 cm³/mol. The van der Waals surface area contributed by atoms with E-state index in [0.717, 1.165) is 28.9 Å². The van der Waals surface area contributed by atoms with Crippen molar-refractivity contribution in [3.05, 3.63) is 78.1 Å². The first kappa shape index (κ1) is 17.1. The van der Waals surface area contributed by atoms with Gasteiger partial charge in [0, 0.05) is 26.0 Å². The summed E-state index contributed by atoms with van der Waals surface area (Å²) in [6, 6.07) is 17.9. The molecular formula is C22H21N3O2. The third-order valence-electron chi connectivity index (χ3n) is 4.68. The minimum Gasteiger partial charge on any atom is -0.489 e. The number of nitrogens with one attached hydrogen (secondary N) is 1. The fraction of sp³-hybridized carbons (Fsp3) is 0.182. The lowest BCUT2D eigenvalue weighted by Crippen LogP contribution is -2.31. The zero-order chi connectivity index (χ0) is 18.6. The fourth-order valence-corrected chi connectivity index (χ4v) is 3.20. The molecule has 2 aromatic carbocycles. The maximum absolute atomic E-state index is 13.0. The Kier molecular flexibility index (Phi) is 4.75. The van der Waals surface area contributed by atoms with Crippen LogP contribution in [0.15, 0.2) is 67.0 Å². The molecule has 1 aliphatic rings. The molecule has 5 heteroatoms. The molecule has 0 unspecified atom stereocenters. The van der Waals surface area contributed by atoms with Crippen LogP contribution < -0.4 is 15.0 Å². The Hall–Kier alpha value is -3.34. The van der Waals surface area contributed by atoms with Gasteiger partial charge < -0.3 is 15.0 Å². The van der Waals surface area contributed by atoms with Gasteiger partial charge >= 0.3 is 0 Å². The van der Waals surface area contributed by atoms with Crippen LogP contribution in [-0.4, -0.2) is 31.1 Å². The van der Waals surface area contributed by atoms with E-state index in [0.29, 0.717) is 24.5 Å². The number of likely N-dealkylation sites (N-methyl/N-ethyl adjacent to an activating group) is 1. The molecule has 1 aromatic heterocycles. The lowest BCUT2D eigenvalue weighted by Gasteiger charge is -2.29. The Balaban J connectivity index is 1.70. The molecule has 27 heavy (non-hydrogen) atoms. The quantitative estimate of drug-likeness (QED) is 0.775. The zero-order valence-corrected chi connectivity index (χ0v) is 15.2. The third kappa shape index (κ3) is 3.62. The van der Waals surface area contributed by atoms with E-state index in [2.05, 4.69) is 21.3 Å². The number of pyridine rings is 1. The van der Waals surface area contributed by atoms with Gasteiger partial charge in [-0.2, -0.15) is 0 Å². The van der Waals surface area contributed by atoms with Crippen LogP contribution in [0, 0.1) is 0 Å². The molecule has 0 fully saturated rings. The van der Waals surface area contributed by atoms with Crippen molar-refractivity contribution in [1.82, 2.24) is 10.3 Å². The molecule has 1 aliphatic heterocycles. The second kappa shape index (κ2) is 7.50. The van der Waals surface area contributed by atoms with E-state index in [1.807, 2.05) is 55.6 Å². The van der Waals surface area contributed by atoms with Gasteiger partial charge in [-0.05, 0) is 34.9 Å². The van der Waals surface area contributed by atoms with Crippen LogP contribution in [0.2, 0.25) is 0 Å². The highest BCUT2D eigenvalue weighted by molar-refractivity contribution is 6.00. The predicted octanol–water partition coefficient (Wildman–Crippen LogP) is 3.51. The van der Waals surface area contributed by atoms with Crippen molar-refractivity contribution in [3.63, 3.8) is 0 Å². The summed E-state index contributed by atoms with van der Waals surface area (Å²) in [5, 5.41) is 2.98. The van der Waals surface area contributed by atoms with E-state index in [4.69, 9.17) is 4.74 Å². The van der Waals surface area contributed by atoms with Crippen molar-refractivity contribution in [2.75, 3.05) is 25.1 Å². The molecule has 0 atom stereocenters. The molecule has 5 nitrogen and oxygen atoms in total. The van der Waals surface area contributed by atoms with Gasteiger partial charge in [0.05, 0.1) is 17.8 Å². The summed E-state index contributed by atoms with van der Waals surface area (Å²) in [6.45, 7) is 1.78. The monoisotopic (exact) mass is 359 g/mol. The van der Waals surface area contributed by atoms with E-state index >= 15 is 0 Å². The van der Waals surface area contributed by atoms with Gasteiger partial charge in [-0.1, -0.05) is 36.4 Å². The Morgan fingerprint density at radius 2 is 2.00 bits per heavy atom. The summed E-state index contributed by atoms with van der Waals surface area (Å²) in [5.41, 5.74) is 4.52. The number of fused-ring (bicyclic) bond motifs is 1. The number of benzene rings is 2. The molecule has 4 rings (SSSR count). The molecule has 0 spiro atoms. The van der Waals surface area contributed by atoms with Gasteiger partial charge in [-0.3, -0.25) is 9.78 Å². The lowest BCUT2D eigenvalue weighted by molar-refractivity contribution is 0.0946. The molecule has 136 valence electrons. The van der Waals surface area contributed by atoms with Gasteiger partial charge in [-0.25, -0.2) is 0 Å². The summed E-state index contributed by atoms with van der Waals surface area (Å²) in [7, 11) is 2.02. The number of hydrogen-bond donors (Lipinski definition) is 1. The molecule has 1 N–H and O–H groups in total. The standard InChI is InChI=1S/C22H21N3O2/c1-25-10-11-27-21-19(22(26)24-15-16-6-5-9-23-14-16)12-18(13-20(21)25)17-7-3-2-4-8-17/h2-9,12-14H,10-11,15H2,1H3,(H,24,26). The molecular weight excluding hydrogens is 338 g/mol. The summed E-state index contributed by atoms with van der Waals surface area (Å²) in [5.74, 6) is 0.496. The highest BCUT2D eigenvalue weighted by Crippen LogP contribution is 2.38. The number of hydrogen-bond acceptors (Lipinski definition) is 4. The van der Waals surface area contributed by atoms with Crippen LogP contribution in [0.25, 0.3) is 11.1 Å². The number of carbonyl (C=O) groups excluding carboxylic acids is 1. The highest BCUT2D eigenvalue weighted by Gasteiger charge is 2.24. The number of aromatic nitrogens is 1. The van der Waals surface area contributed by atoms with Crippen LogP contribution in [0.5, 0.6) is 5.75 Å². The SMILES string of the molecule is CN1CCOc2c(C(=O)NCc3cccnc3)cc(-c3ccccc3)cc21. The third-order valence-corrected chi connectivity index (χ3v) is 4.68. The van der Waals surface area contributed by atoms with Crippen molar-refractivity contribution in [2.45, 2.75) is 6.54 Å². The normalized spacial score (nSPS) is 12.9. The first-order valence-corrected chi connectivity index (χ1v) is 8.97. The molecule has 1 amide bonds. The lowest BCUT2D eigenvalue weighted by atomic mass is 9.99. The largest absolute Gasteiger partial charge is 0.489 e. The number of anilines is 1. The maximum atomic E-state index is 13.0. The zero-order valence-electron chi connectivity index (χ0n) is 15.2. The van der Waals surface area contributed by atoms with Crippen LogP contribution in [0.4, 0.5) is 5.69 Å². The number of nitrogens with zero attached hydrogens (tertiary/aromatic N) is 2.